The summed E-state index contributed by atoms with van der Waals surface area (Å²) in [4.78, 5) is 2.62. The van der Waals surface area contributed by atoms with Crippen LogP contribution in [-0.2, 0) is 5.75 Å². The predicted octanol–water partition coefficient (Wildman–Crippen LogP) is 4.45. The summed E-state index contributed by atoms with van der Waals surface area (Å²) >= 11 is 8.14. The van der Waals surface area contributed by atoms with E-state index in [2.05, 4.69) is 17.0 Å². The van der Waals surface area contributed by atoms with Crippen LogP contribution in [0.1, 0.15) is 31.2 Å². The summed E-state index contributed by atoms with van der Waals surface area (Å²) in [5.41, 5.74) is 1.26. The van der Waals surface area contributed by atoms with E-state index in [-0.39, 0.29) is 0 Å². The van der Waals surface area contributed by atoms with Crippen LogP contribution in [0, 0.1) is 0 Å². The van der Waals surface area contributed by atoms with Crippen LogP contribution in [0.4, 0.5) is 0 Å². The third-order valence-electron chi connectivity index (χ3n) is 3.47. The molecule has 2 rings (SSSR count). The van der Waals surface area contributed by atoms with E-state index in [4.69, 9.17) is 11.6 Å². The quantitative estimate of drug-likeness (QED) is 0.735. The van der Waals surface area contributed by atoms with Gasteiger partial charge in [0.05, 0.1) is 0 Å². The number of hydrogen-bond donors (Lipinski definition) is 0. The molecule has 0 radical (unpaired) electrons. The Morgan fingerprint density at radius 2 is 1.78 bits per heavy atom. The van der Waals surface area contributed by atoms with Crippen molar-refractivity contribution >= 4 is 23.4 Å². The molecule has 100 valence electrons. The topological polar surface area (TPSA) is 3.24 Å². The van der Waals surface area contributed by atoms with E-state index in [0.29, 0.717) is 0 Å². The van der Waals surface area contributed by atoms with E-state index in [0.717, 1.165) is 10.8 Å². The van der Waals surface area contributed by atoms with E-state index in [9.17, 15) is 0 Å². The molecular weight excluding hydrogens is 262 g/mol. The first-order valence-corrected chi connectivity index (χ1v) is 8.43. The molecule has 0 bridgehead atoms. The molecule has 18 heavy (non-hydrogen) atoms. The molecule has 1 aliphatic heterocycles. The highest BCUT2D eigenvalue weighted by atomic mass is 35.5. The molecule has 1 nitrogen and oxygen atoms in total. The number of hydrogen-bond acceptors (Lipinski definition) is 2. The van der Waals surface area contributed by atoms with Gasteiger partial charge in [-0.15, -0.1) is 0 Å². The fourth-order valence-electron chi connectivity index (χ4n) is 2.35. The van der Waals surface area contributed by atoms with Gasteiger partial charge in [0.1, 0.15) is 0 Å². The lowest BCUT2D eigenvalue weighted by atomic mass is 10.2. The Bertz CT molecular complexity index is 348. The van der Waals surface area contributed by atoms with Crippen molar-refractivity contribution in [1.82, 2.24) is 4.90 Å². The highest BCUT2D eigenvalue weighted by molar-refractivity contribution is 7.98. The molecule has 1 aromatic rings. The molecule has 0 N–H and O–H groups in total. The summed E-state index contributed by atoms with van der Waals surface area (Å²) in [6.45, 7) is 3.83. The summed E-state index contributed by atoms with van der Waals surface area (Å²) in [5, 5.41) is 0.903. The number of thioether (sulfide) groups is 1. The van der Waals surface area contributed by atoms with Crippen LogP contribution in [0.15, 0.2) is 24.3 Å². The van der Waals surface area contributed by atoms with Gasteiger partial charge in [-0.05, 0) is 37.6 Å². The lowest BCUT2D eigenvalue weighted by Crippen LogP contribution is -2.27. The summed E-state index contributed by atoms with van der Waals surface area (Å²) in [5.74, 6) is 2.25. The van der Waals surface area contributed by atoms with Crippen LogP contribution >= 0.6 is 23.4 Å². The van der Waals surface area contributed by atoms with Crippen LogP contribution in [-0.4, -0.2) is 30.3 Å². The first-order valence-electron chi connectivity index (χ1n) is 6.90. The van der Waals surface area contributed by atoms with Crippen molar-refractivity contribution in [1.29, 1.82) is 0 Å². The lowest BCUT2D eigenvalue weighted by molar-refractivity contribution is 0.303. The Morgan fingerprint density at radius 3 is 2.50 bits per heavy atom. The number of rotatable bonds is 5. The second kappa shape index (κ2) is 8.08. The van der Waals surface area contributed by atoms with Gasteiger partial charge in [-0.1, -0.05) is 42.6 Å². The fraction of sp³-hybridized carbons (Fsp3) is 0.600. The Kier molecular flexibility index (Phi) is 6.39. The summed E-state index contributed by atoms with van der Waals surface area (Å²) in [7, 11) is 0. The van der Waals surface area contributed by atoms with Gasteiger partial charge >= 0.3 is 0 Å². The van der Waals surface area contributed by atoms with Crippen molar-refractivity contribution in [2.45, 2.75) is 31.4 Å². The maximum absolute atomic E-state index is 6.15. The molecule has 1 heterocycles. The van der Waals surface area contributed by atoms with E-state index in [1.807, 2.05) is 23.9 Å². The number of benzene rings is 1. The van der Waals surface area contributed by atoms with E-state index in [1.54, 1.807) is 0 Å². The molecule has 1 aliphatic rings. The largest absolute Gasteiger partial charge is 0.303 e. The van der Waals surface area contributed by atoms with Gasteiger partial charge in [0.15, 0.2) is 0 Å². The fourth-order valence-corrected chi connectivity index (χ4v) is 3.64. The van der Waals surface area contributed by atoms with Crippen LogP contribution in [0.3, 0.4) is 0 Å². The molecule has 0 spiro atoms. The lowest BCUT2D eigenvalue weighted by Gasteiger charge is -2.19. The molecule has 1 aromatic carbocycles. The van der Waals surface area contributed by atoms with Gasteiger partial charge in [0.25, 0.3) is 0 Å². The van der Waals surface area contributed by atoms with Crippen LogP contribution in [0.2, 0.25) is 5.02 Å². The first-order chi connectivity index (χ1) is 8.86. The molecule has 0 atom stereocenters. The van der Waals surface area contributed by atoms with Crippen molar-refractivity contribution in [3.05, 3.63) is 34.9 Å². The van der Waals surface area contributed by atoms with Gasteiger partial charge in [-0.3, -0.25) is 0 Å². The van der Waals surface area contributed by atoms with E-state index < -0.39 is 0 Å². The molecule has 1 saturated heterocycles. The van der Waals surface area contributed by atoms with Gasteiger partial charge in [0, 0.05) is 23.1 Å². The third kappa shape index (κ3) is 4.83. The Labute approximate surface area is 120 Å². The molecule has 0 saturated carbocycles. The van der Waals surface area contributed by atoms with Crippen LogP contribution in [0.5, 0.6) is 0 Å². The van der Waals surface area contributed by atoms with E-state index in [1.165, 1.54) is 56.6 Å². The molecule has 0 aliphatic carbocycles. The van der Waals surface area contributed by atoms with Crippen molar-refractivity contribution in [3.8, 4) is 0 Å². The maximum atomic E-state index is 6.15. The molecule has 0 amide bonds. The average molecular weight is 284 g/mol. The Balaban J connectivity index is 1.65. The normalized spacial score (nSPS) is 17.6. The zero-order chi connectivity index (χ0) is 12.6. The minimum atomic E-state index is 0.903. The summed E-state index contributed by atoms with van der Waals surface area (Å²) in [6.07, 6.45) is 5.61. The monoisotopic (exact) mass is 283 g/mol. The molecular formula is C15H22ClNS. The smallest absolute Gasteiger partial charge is 0.0446 e. The second-order valence-corrected chi connectivity index (χ2v) is 6.41. The predicted molar refractivity (Wildman–Crippen MR) is 82.5 cm³/mol. The highest BCUT2D eigenvalue weighted by Crippen LogP contribution is 2.21. The minimum Gasteiger partial charge on any atom is -0.303 e. The Morgan fingerprint density at radius 1 is 1.06 bits per heavy atom. The number of likely N-dealkylation sites (tertiary alicyclic amines) is 1. The summed E-state index contributed by atoms with van der Waals surface area (Å²) < 4.78 is 0. The average Bonchev–Trinajstić information content (AvgIpc) is 2.65. The number of halogens is 1. The second-order valence-electron chi connectivity index (χ2n) is 4.90. The third-order valence-corrected chi connectivity index (χ3v) is 4.82. The molecule has 0 unspecified atom stereocenters. The van der Waals surface area contributed by atoms with Gasteiger partial charge < -0.3 is 4.90 Å². The van der Waals surface area contributed by atoms with Gasteiger partial charge in [-0.2, -0.15) is 11.8 Å². The zero-order valence-electron chi connectivity index (χ0n) is 10.9. The first kappa shape index (κ1) is 14.2. The van der Waals surface area contributed by atoms with Crippen molar-refractivity contribution in [2.75, 3.05) is 25.4 Å². The van der Waals surface area contributed by atoms with Crippen molar-refractivity contribution < 1.29 is 0 Å². The standard InChI is InChI=1S/C15H22ClNS/c16-15-8-4-3-7-14(15)13-18-12-11-17-9-5-1-2-6-10-17/h3-4,7-8H,1-2,5-6,9-13H2. The molecule has 3 heteroatoms. The van der Waals surface area contributed by atoms with Crippen LogP contribution < -0.4 is 0 Å². The van der Waals surface area contributed by atoms with Crippen molar-refractivity contribution in [3.63, 3.8) is 0 Å². The minimum absolute atomic E-state index is 0.903. The Hall–Kier alpha value is -0.180. The van der Waals surface area contributed by atoms with Crippen molar-refractivity contribution in [2.24, 2.45) is 0 Å². The van der Waals surface area contributed by atoms with Gasteiger partial charge in [-0.25, -0.2) is 0 Å². The highest BCUT2D eigenvalue weighted by Gasteiger charge is 2.08. The molecule has 1 fully saturated rings. The zero-order valence-corrected chi connectivity index (χ0v) is 12.5. The maximum Gasteiger partial charge on any atom is 0.0446 e. The van der Waals surface area contributed by atoms with E-state index >= 15 is 0 Å². The van der Waals surface area contributed by atoms with Crippen LogP contribution in [0.25, 0.3) is 0 Å². The summed E-state index contributed by atoms with van der Waals surface area (Å²) in [6, 6.07) is 8.16. The number of nitrogens with zero attached hydrogens (tertiary/aromatic N) is 1. The SMILES string of the molecule is Clc1ccccc1CSCCN1CCCCCC1. The van der Waals surface area contributed by atoms with Gasteiger partial charge in [0.2, 0.25) is 0 Å². The molecule has 0 aromatic heterocycles.